The maximum Gasteiger partial charge on any atom is 0.253 e. The van der Waals surface area contributed by atoms with E-state index >= 15 is 0 Å². The number of rotatable bonds is 2. The number of nitrogens with zero attached hydrogens (tertiary/aromatic N) is 3. The van der Waals surface area contributed by atoms with Gasteiger partial charge in [0, 0.05) is 31.2 Å². The fourth-order valence-corrected chi connectivity index (χ4v) is 3.70. The van der Waals surface area contributed by atoms with Gasteiger partial charge in [-0.3, -0.25) is 9.69 Å². The third-order valence-corrected chi connectivity index (χ3v) is 5.17. The molecule has 1 aromatic carbocycles. The molecular formula is C17H23N3OS. The van der Waals surface area contributed by atoms with E-state index in [-0.39, 0.29) is 5.91 Å². The van der Waals surface area contributed by atoms with Gasteiger partial charge in [0.25, 0.3) is 5.91 Å². The van der Waals surface area contributed by atoms with E-state index in [0.717, 1.165) is 54.8 Å². The zero-order valence-electron chi connectivity index (χ0n) is 13.3. The second kappa shape index (κ2) is 6.75. The largest absolute Gasteiger partial charge is 0.337 e. The molecule has 0 bridgehead atoms. The van der Waals surface area contributed by atoms with Gasteiger partial charge in [0.2, 0.25) is 0 Å². The summed E-state index contributed by atoms with van der Waals surface area (Å²) in [5.74, 6) is 0.154. The van der Waals surface area contributed by atoms with Crippen molar-refractivity contribution in [2.45, 2.75) is 32.7 Å². The molecule has 0 saturated carbocycles. The van der Waals surface area contributed by atoms with Gasteiger partial charge in [0.15, 0.2) is 0 Å². The molecule has 0 spiro atoms. The summed E-state index contributed by atoms with van der Waals surface area (Å²) in [7, 11) is 0. The average molecular weight is 317 g/mol. The van der Waals surface area contributed by atoms with Crippen LogP contribution in [0, 0.1) is 0 Å². The number of amides is 1. The van der Waals surface area contributed by atoms with E-state index in [9.17, 15) is 4.79 Å². The maximum atomic E-state index is 12.8. The highest BCUT2D eigenvalue weighted by Gasteiger charge is 2.20. The van der Waals surface area contributed by atoms with Crippen LogP contribution in [0.3, 0.4) is 0 Å². The summed E-state index contributed by atoms with van der Waals surface area (Å²) in [4.78, 5) is 21.5. The van der Waals surface area contributed by atoms with Crippen LogP contribution in [0.1, 0.15) is 37.0 Å². The summed E-state index contributed by atoms with van der Waals surface area (Å²) < 4.78 is 1.08. The highest BCUT2D eigenvalue weighted by Crippen LogP contribution is 2.20. The molecule has 1 fully saturated rings. The van der Waals surface area contributed by atoms with Gasteiger partial charge in [-0.05, 0) is 51.4 Å². The van der Waals surface area contributed by atoms with Crippen LogP contribution in [-0.4, -0.2) is 52.9 Å². The molecule has 1 aliphatic rings. The molecule has 5 heteroatoms. The van der Waals surface area contributed by atoms with Gasteiger partial charge < -0.3 is 4.90 Å². The molecule has 0 radical (unpaired) electrons. The molecule has 118 valence electrons. The van der Waals surface area contributed by atoms with E-state index in [2.05, 4.69) is 23.7 Å². The summed E-state index contributed by atoms with van der Waals surface area (Å²) in [5.41, 5.74) is 3.59. The fraction of sp³-hybridized carbons (Fsp3) is 0.529. The number of hydrogen-bond acceptors (Lipinski definition) is 4. The molecule has 0 atom stereocenters. The standard InChI is InChI=1S/C17H23N3OS/c1-13(2)19-7-3-4-8-20(10-9-19)17(21)14-5-6-15-16(11-14)22-12-18-15/h5-6,11-13H,3-4,7-10H2,1-2H3. The maximum absolute atomic E-state index is 12.8. The average Bonchev–Trinajstić information content (AvgIpc) is 2.93. The lowest BCUT2D eigenvalue weighted by molar-refractivity contribution is 0.0693. The van der Waals surface area contributed by atoms with Crippen LogP contribution in [0.5, 0.6) is 0 Å². The first-order chi connectivity index (χ1) is 10.6. The zero-order valence-corrected chi connectivity index (χ0v) is 14.1. The first kappa shape index (κ1) is 15.4. The van der Waals surface area contributed by atoms with E-state index in [1.54, 1.807) is 11.3 Å². The fourth-order valence-electron chi connectivity index (χ4n) is 2.98. The number of thiazole rings is 1. The Labute approximate surface area is 135 Å². The van der Waals surface area contributed by atoms with Crippen molar-refractivity contribution in [1.29, 1.82) is 0 Å². The van der Waals surface area contributed by atoms with Gasteiger partial charge in [-0.2, -0.15) is 0 Å². The third kappa shape index (κ3) is 3.31. The van der Waals surface area contributed by atoms with Crippen LogP contribution < -0.4 is 0 Å². The minimum Gasteiger partial charge on any atom is -0.337 e. The van der Waals surface area contributed by atoms with Gasteiger partial charge in [-0.25, -0.2) is 4.98 Å². The Morgan fingerprint density at radius 2 is 2.00 bits per heavy atom. The molecule has 3 rings (SSSR count). The van der Waals surface area contributed by atoms with Gasteiger partial charge >= 0.3 is 0 Å². The Bertz CT molecular complexity index is 652. The molecule has 0 unspecified atom stereocenters. The van der Waals surface area contributed by atoms with E-state index in [1.807, 2.05) is 28.6 Å². The first-order valence-corrected chi connectivity index (χ1v) is 8.89. The molecule has 2 aromatic rings. The van der Waals surface area contributed by atoms with Crippen molar-refractivity contribution >= 4 is 27.5 Å². The first-order valence-electron chi connectivity index (χ1n) is 8.02. The lowest BCUT2D eigenvalue weighted by Gasteiger charge is -2.33. The summed E-state index contributed by atoms with van der Waals surface area (Å²) in [5, 5.41) is 0. The second-order valence-electron chi connectivity index (χ2n) is 6.16. The topological polar surface area (TPSA) is 36.4 Å². The Morgan fingerprint density at radius 3 is 2.82 bits per heavy atom. The second-order valence-corrected chi connectivity index (χ2v) is 7.05. The molecule has 0 aliphatic carbocycles. The SMILES string of the molecule is CC(C)N1CCCCN(C(=O)c2ccc3ncsc3c2)CC1. The van der Waals surface area contributed by atoms with Crippen LogP contribution in [0.4, 0.5) is 0 Å². The van der Waals surface area contributed by atoms with Crippen molar-refractivity contribution in [3.63, 3.8) is 0 Å². The minimum atomic E-state index is 0.154. The van der Waals surface area contributed by atoms with Crippen LogP contribution in [0.25, 0.3) is 10.2 Å². The monoisotopic (exact) mass is 317 g/mol. The molecule has 1 amide bonds. The van der Waals surface area contributed by atoms with E-state index in [4.69, 9.17) is 0 Å². The van der Waals surface area contributed by atoms with Crippen LogP contribution in [0.15, 0.2) is 23.7 Å². The molecule has 1 aliphatic heterocycles. The van der Waals surface area contributed by atoms with Crippen molar-refractivity contribution in [2.24, 2.45) is 0 Å². The predicted molar refractivity (Wildman–Crippen MR) is 91.5 cm³/mol. The summed E-state index contributed by atoms with van der Waals surface area (Å²) in [6, 6.07) is 6.38. The van der Waals surface area contributed by atoms with Crippen molar-refractivity contribution in [3.05, 3.63) is 29.3 Å². The summed E-state index contributed by atoms with van der Waals surface area (Å²) >= 11 is 1.59. The molecule has 2 heterocycles. The molecule has 22 heavy (non-hydrogen) atoms. The van der Waals surface area contributed by atoms with Crippen molar-refractivity contribution < 1.29 is 4.79 Å². The number of benzene rings is 1. The Balaban J connectivity index is 1.74. The van der Waals surface area contributed by atoms with Gasteiger partial charge in [-0.1, -0.05) is 0 Å². The van der Waals surface area contributed by atoms with Crippen LogP contribution in [0.2, 0.25) is 0 Å². The highest BCUT2D eigenvalue weighted by atomic mass is 32.1. The molecule has 4 nitrogen and oxygen atoms in total. The quantitative estimate of drug-likeness (QED) is 0.853. The lowest BCUT2D eigenvalue weighted by Crippen LogP contribution is -2.44. The van der Waals surface area contributed by atoms with E-state index in [0.29, 0.717) is 6.04 Å². The van der Waals surface area contributed by atoms with E-state index in [1.165, 1.54) is 0 Å². The minimum absolute atomic E-state index is 0.154. The van der Waals surface area contributed by atoms with Crippen molar-refractivity contribution in [1.82, 2.24) is 14.8 Å². The number of carbonyl (C=O) groups excluding carboxylic acids is 1. The lowest BCUT2D eigenvalue weighted by atomic mass is 10.1. The van der Waals surface area contributed by atoms with Crippen LogP contribution >= 0.6 is 11.3 Å². The van der Waals surface area contributed by atoms with E-state index < -0.39 is 0 Å². The number of fused-ring (bicyclic) bond motifs is 1. The van der Waals surface area contributed by atoms with Gasteiger partial charge in [0.1, 0.15) is 0 Å². The molecule has 1 saturated heterocycles. The summed E-state index contributed by atoms with van der Waals surface area (Å²) in [6.07, 6.45) is 2.24. The van der Waals surface area contributed by atoms with Crippen molar-refractivity contribution in [3.8, 4) is 0 Å². The highest BCUT2D eigenvalue weighted by molar-refractivity contribution is 7.16. The van der Waals surface area contributed by atoms with Gasteiger partial charge in [-0.15, -0.1) is 11.3 Å². The number of aromatic nitrogens is 1. The zero-order chi connectivity index (χ0) is 15.5. The smallest absolute Gasteiger partial charge is 0.253 e. The Hall–Kier alpha value is -1.46. The number of hydrogen-bond donors (Lipinski definition) is 0. The predicted octanol–water partition coefficient (Wildman–Crippen LogP) is 3.24. The van der Waals surface area contributed by atoms with Crippen LogP contribution in [-0.2, 0) is 0 Å². The summed E-state index contributed by atoms with van der Waals surface area (Å²) in [6.45, 7) is 8.25. The normalized spacial score (nSPS) is 17.7. The third-order valence-electron chi connectivity index (χ3n) is 4.38. The van der Waals surface area contributed by atoms with Crippen molar-refractivity contribution in [2.75, 3.05) is 26.2 Å². The number of carbonyl (C=O) groups is 1. The molecule has 1 aromatic heterocycles. The molecule has 0 N–H and O–H groups in total. The van der Waals surface area contributed by atoms with Gasteiger partial charge in [0.05, 0.1) is 15.7 Å². The Kier molecular flexibility index (Phi) is 4.74. The molecular weight excluding hydrogens is 294 g/mol. The Morgan fingerprint density at radius 1 is 1.18 bits per heavy atom.